The molecule has 0 aromatic carbocycles. The van der Waals surface area contributed by atoms with E-state index < -0.39 is 0 Å². The molecule has 1 aliphatic carbocycles. The van der Waals surface area contributed by atoms with Crippen LogP contribution in [0.5, 0.6) is 0 Å². The Morgan fingerprint density at radius 1 is 1.16 bits per heavy atom. The Morgan fingerprint density at radius 2 is 1.79 bits per heavy atom. The molecule has 1 amide bonds. The van der Waals surface area contributed by atoms with E-state index in [-0.39, 0.29) is 23.2 Å². The smallest absolute Gasteiger partial charge is 0.308 e. The number of nitrogens with zero attached hydrogens (tertiary/aromatic N) is 1. The number of amides is 1. The fourth-order valence-electron chi connectivity index (χ4n) is 3.51. The lowest BCUT2D eigenvalue weighted by atomic mass is 9.80. The first-order chi connectivity index (χ1) is 8.95. The van der Waals surface area contributed by atoms with Gasteiger partial charge in [-0.2, -0.15) is 0 Å². The van der Waals surface area contributed by atoms with Crippen molar-refractivity contribution in [1.82, 2.24) is 4.90 Å². The van der Waals surface area contributed by atoms with E-state index in [4.69, 9.17) is 4.74 Å². The summed E-state index contributed by atoms with van der Waals surface area (Å²) in [6.45, 7) is 5.80. The molecule has 108 valence electrons. The Labute approximate surface area is 115 Å². The van der Waals surface area contributed by atoms with Gasteiger partial charge in [-0.1, -0.05) is 20.3 Å². The van der Waals surface area contributed by atoms with E-state index >= 15 is 0 Å². The number of piperidine rings is 1. The average molecular weight is 267 g/mol. The monoisotopic (exact) mass is 267 g/mol. The molecule has 1 heterocycles. The number of methoxy groups -OCH3 is 1. The molecule has 1 atom stereocenters. The van der Waals surface area contributed by atoms with Gasteiger partial charge in [0.05, 0.1) is 13.0 Å². The maximum atomic E-state index is 12.6. The van der Waals surface area contributed by atoms with Gasteiger partial charge < -0.3 is 9.64 Å². The molecule has 4 heteroatoms. The summed E-state index contributed by atoms with van der Waals surface area (Å²) in [5.41, 5.74) is 0.135. The third-order valence-corrected chi connectivity index (χ3v) is 4.90. The van der Waals surface area contributed by atoms with E-state index in [9.17, 15) is 9.59 Å². The molecular weight excluding hydrogens is 242 g/mol. The van der Waals surface area contributed by atoms with E-state index in [1.54, 1.807) is 0 Å². The van der Waals surface area contributed by atoms with Crippen molar-refractivity contribution in [2.24, 2.45) is 17.3 Å². The highest BCUT2D eigenvalue weighted by Crippen LogP contribution is 2.43. The van der Waals surface area contributed by atoms with Crippen LogP contribution in [0.2, 0.25) is 0 Å². The summed E-state index contributed by atoms with van der Waals surface area (Å²) in [7, 11) is 1.43. The normalized spacial score (nSPS) is 27.3. The number of likely N-dealkylation sites (tertiary alicyclic amines) is 1. The van der Waals surface area contributed by atoms with Crippen LogP contribution in [-0.2, 0) is 14.3 Å². The highest BCUT2D eigenvalue weighted by Gasteiger charge is 2.42. The Bertz CT molecular complexity index is 356. The first-order valence-corrected chi connectivity index (χ1v) is 7.32. The second-order valence-corrected chi connectivity index (χ2v) is 6.56. The zero-order valence-corrected chi connectivity index (χ0v) is 12.3. The highest BCUT2D eigenvalue weighted by atomic mass is 16.5. The van der Waals surface area contributed by atoms with Crippen molar-refractivity contribution in [3.63, 3.8) is 0 Å². The average Bonchev–Trinajstić information content (AvgIpc) is 2.77. The molecule has 0 spiro atoms. The second-order valence-electron chi connectivity index (χ2n) is 6.56. The molecule has 1 unspecified atom stereocenters. The Morgan fingerprint density at radius 3 is 2.26 bits per heavy atom. The van der Waals surface area contributed by atoms with Crippen LogP contribution in [0.1, 0.15) is 46.0 Å². The maximum Gasteiger partial charge on any atom is 0.308 e. The number of carbonyl (C=O) groups is 2. The Balaban J connectivity index is 1.91. The number of esters is 1. The van der Waals surface area contributed by atoms with E-state index in [1.807, 2.05) is 4.90 Å². The fraction of sp³-hybridized carbons (Fsp3) is 0.867. The molecular formula is C15H25NO3. The molecule has 0 aromatic rings. The van der Waals surface area contributed by atoms with Crippen molar-refractivity contribution >= 4 is 11.9 Å². The summed E-state index contributed by atoms with van der Waals surface area (Å²) in [6.07, 6.45) is 4.80. The Kier molecular flexibility index (Phi) is 4.16. The molecule has 4 nitrogen and oxygen atoms in total. The first kappa shape index (κ1) is 14.4. The van der Waals surface area contributed by atoms with Crippen molar-refractivity contribution < 1.29 is 14.3 Å². The highest BCUT2D eigenvalue weighted by molar-refractivity contribution is 5.80. The van der Waals surface area contributed by atoms with Crippen LogP contribution in [0.3, 0.4) is 0 Å². The molecule has 0 N–H and O–H groups in total. The van der Waals surface area contributed by atoms with Crippen molar-refractivity contribution in [3.05, 3.63) is 0 Å². The number of hydrogen-bond acceptors (Lipinski definition) is 3. The summed E-state index contributed by atoms with van der Waals surface area (Å²) in [5.74, 6) is 0.312. The maximum absolute atomic E-state index is 12.6. The Hall–Kier alpha value is -1.06. The molecule has 2 aliphatic rings. The quantitative estimate of drug-likeness (QED) is 0.721. The lowest BCUT2D eigenvalue weighted by Gasteiger charge is -2.36. The van der Waals surface area contributed by atoms with Gasteiger partial charge in [-0.15, -0.1) is 0 Å². The van der Waals surface area contributed by atoms with Gasteiger partial charge in [-0.3, -0.25) is 9.59 Å². The first-order valence-electron chi connectivity index (χ1n) is 7.32. The molecule has 1 saturated carbocycles. The lowest BCUT2D eigenvalue weighted by Crippen LogP contribution is -2.45. The zero-order chi connectivity index (χ0) is 14.0. The van der Waals surface area contributed by atoms with Gasteiger partial charge in [0.25, 0.3) is 0 Å². The number of carbonyl (C=O) groups excluding carboxylic acids is 2. The van der Waals surface area contributed by atoms with Crippen LogP contribution < -0.4 is 0 Å². The van der Waals surface area contributed by atoms with E-state index in [0.29, 0.717) is 19.0 Å². The van der Waals surface area contributed by atoms with Crippen LogP contribution in [0, 0.1) is 17.3 Å². The lowest BCUT2D eigenvalue weighted by molar-refractivity contribution is -0.150. The zero-order valence-electron chi connectivity index (χ0n) is 12.3. The largest absolute Gasteiger partial charge is 0.469 e. The summed E-state index contributed by atoms with van der Waals surface area (Å²) >= 11 is 0. The summed E-state index contributed by atoms with van der Waals surface area (Å²) in [6, 6.07) is 0. The number of hydrogen-bond donors (Lipinski definition) is 0. The van der Waals surface area contributed by atoms with Crippen molar-refractivity contribution in [3.8, 4) is 0 Å². The van der Waals surface area contributed by atoms with Crippen molar-refractivity contribution in [2.45, 2.75) is 46.0 Å². The molecule has 2 fully saturated rings. The summed E-state index contributed by atoms with van der Waals surface area (Å²) in [4.78, 5) is 26.0. The number of ether oxygens (including phenoxy) is 1. The minimum Gasteiger partial charge on any atom is -0.469 e. The topological polar surface area (TPSA) is 46.6 Å². The molecule has 0 radical (unpaired) electrons. The van der Waals surface area contributed by atoms with Gasteiger partial charge >= 0.3 is 5.97 Å². The van der Waals surface area contributed by atoms with Crippen molar-refractivity contribution in [2.75, 3.05) is 20.2 Å². The minimum absolute atomic E-state index is 0.0226. The molecule has 0 aromatic heterocycles. The van der Waals surface area contributed by atoms with Gasteiger partial charge in [-0.25, -0.2) is 0 Å². The predicted octanol–water partition coefficient (Wildman–Crippen LogP) is 2.22. The van der Waals surface area contributed by atoms with Crippen LogP contribution >= 0.6 is 0 Å². The standard InChI is InChI=1S/C15H25NO3/c1-15(2)8-4-5-12(15)13(17)16-9-6-11(7-10-16)14(18)19-3/h11-12H,4-10H2,1-3H3. The molecule has 0 bridgehead atoms. The summed E-state index contributed by atoms with van der Waals surface area (Å²) < 4.78 is 4.78. The van der Waals surface area contributed by atoms with E-state index in [0.717, 1.165) is 32.1 Å². The van der Waals surface area contributed by atoms with Gasteiger partial charge in [-0.05, 0) is 31.1 Å². The SMILES string of the molecule is COC(=O)C1CCN(C(=O)C2CCCC2(C)C)CC1. The predicted molar refractivity (Wildman–Crippen MR) is 72.4 cm³/mol. The third-order valence-electron chi connectivity index (χ3n) is 4.90. The van der Waals surface area contributed by atoms with Gasteiger partial charge in [0.15, 0.2) is 0 Å². The van der Waals surface area contributed by atoms with Crippen molar-refractivity contribution in [1.29, 1.82) is 0 Å². The van der Waals surface area contributed by atoms with E-state index in [2.05, 4.69) is 13.8 Å². The van der Waals surface area contributed by atoms with Gasteiger partial charge in [0, 0.05) is 19.0 Å². The van der Waals surface area contributed by atoms with Crippen LogP contribution in [0.4, 0.5) is 0 Å². The van der Waals surface area contributed by atoms with E-state index in [1.165, 1.54) is 7.11 Å². The fourth-order valence-corrected chi connectivity index (χ4v) is 3.51. The molecule has 1 saturated heterocycles. The molecule has 19 heavy (non-hydrogen) atoms. The van der Waals surface area contributed by atoms with Gasteiger partial charge in [0.1, 0.15) is 0 Å². The van der Waals surface area contributed by atoms with Crippen LogP contribution in [0.15, 0.2) is 0 Å². The third kappa shape index (κ3) is 2.93. The minimum atomic E-state index is -0.131. The van der Waals surface area contributed by atoms with Crippen LogP contribution in [-0.4, -0.2) is 37.0 Å². The summed E-state index contributed by atoms with van der Waals surface area (Å²) in [5, 5.41) is 0. The van der Waals surface area contributed by atoms with Gasteiger partial charge in [0.2, 0.25) is 5.91 Å². The molecule has 1 aliphatic heterocycles. The molecule has 2 rings (SSSR count). The second kappa shape index (κ2) is 5.51. The van der Waals surface area contributed by atoms with Crippen LogP contribution in [0.25, 0.3) is 0 Å². The number of rotatable bonds is 2.